The molecule has 0 bridgehead atoms. The molecule has 1 atom stereocenters. The lowest BCUT2D eigenvalue weighted by Gasteiger charge is -2.15. The molecule has 0 fully saturated rings. The van der Waals surface area contributed by atoms with Gasteiger partial charge in [0.05, 0.1) is 18.8 Å². The van der Waals surface area contributed by atoms with Crippen LogP contribution in [0.15, 0.2) is 48.0 Å². The Morgan fingerprint density at radius 3 is 2.85 bits per heavy atom. The van der Waals surface area contributed by atoms with Crippen LogP contribution in [0, 0.1) is 5.82 Å². The molecule has 0 aliphatic carbocycles. The highest BCUT2D eigenvalue weighted by molar-refractivity contribution is 7.13. The average molecular weight is 372 g/mol. The van der Waals surface area contributed by atoms with E-state index in [1.807, 2.05) is 18.2 Å². The second kappa shape index (κ2) is 7.92. The summed E-state index contributed by atoms with van der Waals surface area (Å²) in [5, 5.41) is 7.87. The van der Waals surface area contributed by atoms with E-state index in [-0.39, 0.29) is 11.8 Å². The van der Waals surface area contributed by atoms with Crippen molar-refractivity contribution in [3.05, 3.63) is 59.4 Å². The van der Waals surface area contributed by atoms with E-state index in [1.165, 1.54) is 30.6 Å². The summed E-state index contributed by atoms with van der Waals surface area (Å²) < 4.78 is 18.7. The van der Waals surface area contributed by atoms with Crippen LogP contribution in [0.5, 0.6) is 5.75 Å². The number of nitrogens with one attached hydrogen (secondary N) is 2. The van der Waals surface area contributed by atoms with Crippen LogP contribution in [0.4, 0.5) is 15.0 Å². The van der Waals surface area contributed by atoms with E-state index in [9.17, 15) is 9.18 Å². The normalized spacial score (nSPS) is 11.7. The zero-order valence-corrected chi connectivity index (χ0v) is 15.0. The van der Waals surface area contributed by atoms with Crippen LogP contribution in [0.25, 0.3) is 10.7 Å². The number of hydrogen-bond acceptors (Lipinski definition) is 5. The molecule has 3 aromatic rings. The number of amides is 2. The third-order valence-electron chi connectivity index (χ3n) is 3.65. The largest absolute Gasteiger partial charge is 0.494 e. The van der Waals surface area contributed by atoms with Gasteiger partial charge in [0, 0.05) is 11.6 Å². The number of hydrogen-bond donors (Lipinski definition) is 2. The van der Waals surface area contributed by atoms with Gasteiger partial charge in [0.2, 0.25) is 0 Å². The highest BCUT2D eigenvalue weighted by atomic mass is 32.1. The van der Waals surface area contributed by atoms with Gasteiger partial charge in [-0.2, -0.15) is 0 Å². The Kier molecular flexibility index (Phi) is 5.43. The smallest absolute Gasteiger partial charge is 0.320 e. The molecule has 2 amide bonds. The van der Waals surface area contributed by atoms with Gasteiger partial charge in [-0.1, -0.05) is 12.1 Å². The first-order valence-electron chi connectivity index (χ1n) is 7.84. The van der Waals surface area contributed by atoms with Crippen molar-refractivity contribution in [3.63, 3.8) is 0 Å². The van der Waals surface area contributed by atoms with Gasteiger partial charge in [-0.3, -0.25) is 10.3 Å². The van der Waals surface area contributed by atoms with E-state index in [0.717, 1.165) is 5.69 Å². The van der Waals surface area contributed by atoms with Crippen molar-refractivity contribution in [2.45, 2.75) is 13.0 Å². The fourth-order valence-corrected chi connectivity index (χ4v) is 3.05. The molecule has 2 heterocycles. The lowest BCUT2D eigenvalue weighted by Crippen LogP contribution is -2.31. The molecular formula is C18H17FN4O2S. The molecule has 26 heavy (non-hydrogen) atoms. The first-order valence-corrected chi connectivity index (χ1v) is 8.72. The van der Waals surface area contributed by atoms with Gasteiger partial charge in [-0.05, 0) is 36.8 Å². The highest BCUT2D eigenvalue weighted by Crippen LogP contribution is 2.24. The molecule has 0 radical (unpaired) electrons. The van der Waals surface area contributed by atoms with Crippen molar-refractivity contribution in [2.75, 3.05) is 12.4 Å². The van der Waals surface area contributed by atoms with Crippen molar-refractivity contribution >= 4 is 23.2 Å². The minimum atomic E-state index is -0.474. The summed E-state index contributed by atoms with van der Waals surface area (Å²) in [7, 11) is 1.40. The fourth-order valence-electron chi connectivity index (χ4n) is 2.32. The van der Waals surface area contributed by atoms with E-state index in [2.05, 4.69) is 20.6 Å². The molecule has 134 valence electrons. The molecule has 0 aliphatic heterocycles. The van der Waals surface area contributed by atoms with Crippen LogP contribution in [0.2, 0.25) is 0 Å². The maximum Gasteiger partial charge on any atom is 0.320 e. The summed E-state index contributed by atoms with van der Waals surface area (Å²) in [6.07, 6.45) is 1.69. The second-order valence-electron chi connectivity index (χ2n) is 5.47. The van der Waals surface area contributed by atoms with Crippen molar-refractivity contribution in [1.29, 1.82) is 0 Å². The Hall–Kier alpha value is -3.00. The third-order valence-corrected chi connectivity index (χ3v) is 4.52. The Morgan fingerprint density at radius 2 is 2.15 bits per heavy atom. The molecule has 6 nitrogen and oxygen atoms in total. The van der Waals surface area contributed by atoms with E-state index in [0.29, 0.717) is 16.4 Å². The van der Waals surface area contributed by atoms with Crippen LogP contribution >= 0.6 is 11.3 Å². The molecule has 2 N–H and O–H groups in total. The standard InChI is InChI=1S/C18H17FN4O2S/c1-11(12-6-7-15(25-2)13(19)9-12)21-18(24)23-16-10-26-17(22-16)14-5-3-4-8-20-14/h3-11H,1-2H3,(H2,21,23,24). The van der Waals surface area contributed by atoms with E-state index in [1.54, 1.807) is 24.6 Å². The first kappa shape index (κ1) is 17.8. The molecule has 1 aromatic carbocycles. The van der Waals surface area contributed by atoms with Gasteiger partial charge in [0.25, 0.3) is 0 Å². The molecule has 0 saturated carbocycles. The van der Waals surface area contributed by atoms with Crippen molar-refractivity contribution in [2.24, 2.45) is 0 Å². The number of benzene rings is 1. The lowest BCUT2D eigenvalue weighted by atomic mass is 10.1. The van der Waals surface area contributed by atoms with Gasteiger partial charge in [-0.15, -0.1) is 11.3 Å². The molecular weight excluding hydrogens is 355 g/mol. The molecule has 8 heteroatoms. The number of urea groups is 1. The number of thiazole rings is 1. The van der Waals surface area contributed by atoms with E-state index >= 15 is 0 Å². The number of carbonyl (C=O) groups excluding carboxylic acids is 1. The number of anilines is 1. The van der Waals surface area contributed by atoms with E-state index in [4.69, 9.17) is 4.74 Å². The van der Waals surface area contributed by atoms with Crippen LogP contribution < -0.4 is 15.4 Å². The van der Waals surface area contributed by atoms with Gasteiger partial charge < -0.3 is 10.1 Å². The lowest BCUT2D eigenvalue weighted by molar-refractivity contribution is 0.249. The molecule has 3 rings (SSSR count). The van der Waals surface area contributed by atoms with Crippen LogP contribution in [0.1, 0.15) is 18.5 Å². The number of methoxy groups -OCH3 is 1. The Labute approximate surface area is 154 Å². The predicted octanol–water partition coefficient (Wildman–Crippen LogP) is 4.24. The van der Waals surface area contributed by atoms with Crippen LogP contribution in [0.3, 0.4) is 0 Å². The van der Waals surface area contributed by atoms with Gasteiger partial charge in [-0.25, -0.2) is 14.2 Å². The minimum absolute atomic E-state index is 0.162. The Balaban J connectivity index is 1.62. The van der Waals surface area contributed by atoms with Crippen LogP contribution in [-0.4, -0.2) is 23.1 Å². The summed E-state index contributed by atoms with van der Waals surface area (Å²) in [6.45, 7) is 1.77. The molecule has 2 aromatic heterocycles. The third kappa shape index (κ3) is 4.15. The topological polar surface area (TPSA) is 76.1 Å². The van der Waals surface area contributed by atoms with Crippen molar-refractivity contribution in [3.8, 4) is 16.5 Å². The highest BCUT2D eigenvalue weighted by Gasteiger charge is 2.14. The molecule has 0 spiro atoms. The summed E-state index contributed by atoms with van der Waals surface area (Å²) in [4.78, 5) is 20.7. The van der Waals surface area contributed by atoms with Gasteiger partial charge in [0.15, 0.2) is 11.6 Å². The summed E-state index contributed by atoms with van der Waals surface area (Å²) in [5.74, 6) is 0.120. The van der Waals surface area contributed by atoms with Gasteiger partial charge >= 0.3 is 6.03 Å². The molecule has 0 aliphatic rings. The minimum Gasteiger partial charge on any atom is -0.494 e. The number of carbonyl (C=O) groups is 1. The SMILES string of the molecule is COc1ccc(C(C)NC(=O)Nc2csc(-c3ccccn3)n2)cc1F. The summed E-state index contributed by atoms with van der Waals surface area (Å²) in [5.41, 5.74) is 1.37. The number of halogens is 1. The predicted molar refractivity (Wildman–Crippen MR) is 98.9 cm³/mol. The number of nitrogens with zero attached hydrogens (tertiary/aromatic N) is 2. The second-order valence-corrected chi connectivity index (χ2v) is 6.33. The summed E-state index contributed by atoms with van der Waals surface area (Å²) in [6, 6.07) is 9.31. The molecule has 1 unspecified atom stereocenters. The average Bonchev–Trinajstić information content (AvgIpc) is 3.10. The Morgan fingerprint density at radius 1 is 1.31 bits per heavy atom. The number of ether oxygens (including phenoxy) is 1. The zero-order valence-electron chi connectivity index (χ0n) is 14.2. The number of aromatic nitrogens is 2. The summed E-state index contributed by atoms with van der Waals surface area (Å²) >= 11 is 1.39. The monoisotopic (exact) mass is 372 g/mol. The molecule has 0 saturated heterocycles. The quantitative estimate of drug-likeness (QED) is 0.702. The van der Waals surface area contributed by atoms with Gasteiger partial charge in [0.1, 0.15) is 10.8 Å². The number of pyridine rings is 1. The zero-order chi connectivity index (χ0) is 18.5. The number of rotatable bonds is 5. The van der Waals surface area contributed by atoms with Crippen LogP contribution in [-0.2, 0) is 0 Å². The maximum atomic E-state index is 13.8. The Bertz CT molecular complexity index is 901. The maximum absolute atomic E-state index is 13.8. The van der Waals surface area contributed by atoms with E-state index < -0.39 is 11.8 Å². The fraction of sp³-hybridized carbons (Fsp3) is 0.167. The first-order chi connectivity index (χ1) is 12.6. The van der Waals surface area contributed by atoms with Crippen molar-refractivity contribution < 1.29 is 13.9 Å². The van der Waals surface area contributed by atoms with Crippen molar-refractivity contribution in [1.82, 2.24) is 15.3 Å².